The molecule has 5 rings (SSSR count). The molecular formula is C21H23FN4O4. The van der Waals surface area contributed by atoms with Gasteiger partial charge < -0.3 is 15.7 Å². The van der Waals surface area contributed by atoms with Crippen molar-refractivity contribution < 1.29 is 19.1 Å². The smallest absolute Gasteiger partial charge is 0.296 e. The van der Waals surface area contributed by atoms with E-state index in [0.717, 1.165) is 12.8 Å². The molecule has 1 saturated carbocycles. The topological polar surface area (TPSA) is 113 Å². The summed E-state index contributed by atoms with van der Waals surface area (Å²) in [5.41, 5.74) is -1.24. The van der Waals surface area contributed by atoms with Crippen molar-refractivity contribution in [1.29, 1.82) is 0 Å². The van der Waals surface area contributed by atoms with Crippen LogP contribution in [0.2, 0.25) is 0 Å². The molecule has 2 aromatic rings. The van der Waals surface area contributed by atoms with Crippen LogP contribution in [-0.4, -0.2) is 26.5 Å². The standard InChI is InChI=1S/C21H23FN4O4/c1-12(27)25-21-8-6-14(7-9-21)11-26-19(30)17(28)16(24-20(21)26)18(29)23-10-13-2-4-15(22)5-3-13/h2-5,14,28H,6-11H2,1H3,(H,23,29)(H,25,27). The number of amides is 2. The highest BCUT2D eigenvalue weighted by atomic mass is 19.1. The van der Waals surface area contributed by atoms with Crippen molar-refractivity contribution in [3.8, 4) is 5.75 Å². The molecule has 0 atom stereocenters. The Kier molecular flexibility index (Phi) is 5.05. The molecule has 1 aliphatic carbocycles. The summed E-state index contributed by atoms with van der Waals surface area (Å²) in [6, 6.07) is 5.61. The molecular weight excluding hydrogens is 391 g/mol. The van der Waals surface area contributed by atoms with Crippen LogP contribution < -0.4 is 16.2 Å². The Morgan fingerprint density at radius 1 is 1.27 bits per heavy atom. The number of carbonyl (C=O) groups is 2. The van der Waals surface area contributed by atoms with Crippen LogP contribution in [-0.2, 0) is 23.4 Å². The third-order valence-corrected chi connectivity index (χ3v) is 5.97. The Hall–Kier alpha value is -3.23. The lowest BCUT2D eigenvalue weighted by Gasteiger charge is -2.36. The van der Waals surface area contributed by atoms with Gasteiger partial charge in [-0.3, -0.25) is 19.0 Å². The highest BCUT2D eigenvalue weighted by Gasteiger charge is 2.45. The summed E-state index contributed by atoms with van der Waals surface area (Å²) >= 11 is 0. The first-order valence-electron chi connectivity index (χ1n) is 9.95. The Balaban J connectivity index is 1.70. The Bertz CT molecular complexity index is 1060. The first-order chi connectivity index (χ1) is 14.3. The highest BCUT2D eigenvalue weighted by molar-refractivity contribution is 5.94. The average molecular weight is 414 g/mol. The number of carbonyl (C=O) groups excluding carboxylic acids is 2. The van der Waals surface area contributed by atoms with Gasteiger partial charge in [-0.05, 0) is 49.3 Å². The Morgan fingerprint density at radius 3 is 2.57 bits per heavy atom. The number of benzene rings is 1. The molecule has 2 amide bonds. The van der Waals surface area contributed by atoms with Crippen LogP contribution >= 0.6 is 0 Å². The lowest BCUT2D eigenvalue weighted by molar-refractivity contribution is -0.121. The van der Waals surface area contributed by atoms with Gasteiger partial charge in [0.15, 0.2) is 5.69 Å². The van der Waals surface area contributed by atoms with Gasteiger partial charge in [0.25, 0.3) is 11.5 Å². The normalized spacial score (nSPS) is 22.1. The van der Waals surface area contributed by atoms with E-state index in [1.807, 2.05) is 0 Å². The minimum atomic E-state index is -0.836. The second-order valence-electron chi connectivity index (χ2n) is 8.06. The van der Waals surface area contributed by atoms with E-state index in [9.17, 15) is 23.9 Å². The van der Waals surface area contributed by atoms with Crippen LogP contribution in [0.3, 0.4) is 0 Å². The molecule has 8 nitrogen and oxygen atoms in total. The zero-order valence-electron chi connectivity index (χ0n) is 16.6. The van der Waals surface area contributed by atoms with Crippen molar-refractivity contribution in [2.75, 3.05) is 0 Å². The number of nitrogens with zero attached hydrogens (tertiary/aromatic N) is 2. The maximum Gasteiger partial charge on any atom is 0.296 e. The molecule has 30 heavy (non-hydrogen) atoms. The van der Waals surface area contributed by atoms with Crippen molar-refractivity contribution >= 4 is 11.8 Å². The van der Waals surface area contributed by atoms with E-state index in [1.54, 1.807) is 0 Å². The minimum absolute atomic E-state index is 0.0809. The van der Waals surface area contributed by atoms with Crippen LogP contribution in [0.5, 0.6) is 5.75 Å². The zero-order chi connectivity index (χ0) is 21.5. The van der Waals surface area contributed by atoms with Crippen LogP contribution in [0.25, 0.3) is 0 Å². The van der Waals surface area contributed by atoms with Crippen LogP contribution in [0.15, 0.2) is 29.1 Å². The van der Waals surface area contributed by atoms with Crippen molar-refractivity contribution in [3.63, 3.8) is 0 Å². The highest BCUT2D eigenvalue weighted by Crippen LogP contribution is 2.42. The first kappa shape index (κ1) is 20.1. The van der Waals surface area contributed by atoms with E-state index in [2.05, 4.69) is 15.6 Å². The quantitative estimate of drug-likeness (QED) is 0.703. The van der Waals surface area contributed by atoms with Crippen LogP contribution in [0.1, 0.15) is 54.5 Å². The molecule has 3 aliphatic rings. The summed E-state index contributed by atoms with van der Waals surface area (Å²) in [5.74, 6) is -1.49. The third kappa shape index (κ3) is 3.55. The second kappa shape index (κ2) is 7.55. The fraction of sp³-hybridized carbons (Fsp3) is 0.429. The van der Waals surface area contributed by atoms with Gasteiger partial charge in [0, 0.05) is 20.0 Å². The molecule has 0 saturated heterocycles. The number of aromatic hydroxyl groups is 1. The number of nitrogens with one attached hydrogen (secondary N) is 2. The largest absolute Gasteiger partial charge is 0.501 e. The van der Waals surface area contributed by atoms with Gasteiger partial charge in [-0.2, -0.15) is 0 Å². The van der Waals surface area contributed by atoms with Gasteiger partial charge >= 0.3 is 0 Å². The fourth-order valence-electron chi connectivity index (χ4n) is 4.46. The number of hydrogen-bond acceptors (Lipinski definition) is 5. The number of halogens is 1. The first-order valence-corrected chi connectivity index (χ1v) is 9.95. The van der Waals surface area contributed by atoms with E-state index in [0.29, 0.717) is 30.8 Å². The van der Waals surface area contributed by atoms with Gasteiger partial charge in [0.2, 0.25) is 11.7 Å². The predicted octanol–water partition coefficient (Wildman–Crippen LogP) is 1.55. The van der Waals surface area contributed by atoms with E-state index in [-0.39, 0.29) is 29.9 Å². The molecule has 0 unspecified atom stereocenters. The summed E-state index contributed by atoms with van der Waals surface area (Å²) in [7, 11) is 0. The van der Waals surface area contributed by atoms with Gasteiger partial charge in [0.05, 0.1) is 5.54 Å². The predicted molar refractivity (Wildman–Crippen MR) is 105 cm³/mol. The lowest BCUT2D eigenvalue weighted by atomic mass is 9.77. The number of hydrogen-bond donors (Lipinski definition) is 3. The Morgan fingerprint density at radius 2 is 1.93 bits per heavy atom. The van der Waals surface area contributed by atoms with E-state index in [4.69, 9.17) is 0 Å². The summed E-state index contributed by atoms with van der Waals surface area (Å²) in [6.07, 6.45) is 2.86. The monoisotopic (exact) mass is 414 g/mol. The van der Waals surface area contributed by atoms with Crippen molar-refractivity contribution in [3.05, 3.63) is 57.5 Å². The van der Waals surface area contributed by atoms with E-state index in [1.165, 1.54) is 35.8 Å². The van der Waals surface area contributed by atoms with Crippen LogP contribution in [0.4, 0.5) is 4.39 Å². The molecule has 0 spiro atoms. The van der Waals surface area contributed by atoms with Crippen molar-refractivity contribution in [2.24, 2.45) is 5.92 Å². The minimum Gasteiger partial charge on any atom is -0.501 e. The Labute approximate surface area is 172 Å². The summed E-state index contributed by atoms with van der Waals surface area (Å²) in [6.45, 7) is 1.88. The molecule has 1 aromatic carbocycles. The van der Waals surface area contributed by atoms with Crippen LogP contribution in [0, 0.1) is 11.7 Å². The molecule has 158 valence electrons. The summed E-state index contributed by atoms with van der Waals surface area (Å²) in [5, 5.41) is 16.0. The molecule has 3 N–H and O–H groups in total. The van der Waals surface area contributed by atoms with Gasteiger partial charge in [-0.15, -0.1) is 0 Å². The number of rotatable bonds is 4. The van der Waals surface area contributed by atoms with Gasteiger partial charge in [-0.25, -0.2) is 9.37 Å². The maximum absolute atomic E-state index is 13.0. The average Bonchev–Trinajstić information content (AvgIpc) is 2.95. The number of aromatic nitrogens is 2. The molecule has 2 bridgehead atoms. The number of fused-ring (bicyclic) bond motifs is 2. The molecule has 3 heterocycles. The molecule has 9 heteroatoms. The second-order valence-corrected chi connectivity index (χ2v) is 8.06. The van der Waals surface area contributed by atoms with E-state index < -0.39 is 22.8 Å². The fourth-order valence-corrected chi connectivity index (χ4v) is 4.46. The summed E-state index contributed by atoms with van der Waals surface area (Å²) in [4.78, 5) is 41.9. The van der Waals surface area contributed by atoms with Gasteiger partial charge in [-0.1, -0.05) is 12.1 Å². The third-order valence-electron chi connectivity index (χ3n) is 5.97. The van der Waals surface area contributed by atoms with Crippen molar-refractivity contribution in [1.82, 2.24) is 20.2 Å². The molecule has 1 aromatic heterocycles. The maximum atomic E-state index is 13.0. The zero-order valence-corrected chi connectivity index (χ0v) is 16.6. The molecule has 0 radical (unpaired) electrons. The lowest BCUT2D eigenvalue weighted by Crippen LogP contribution is -2.49. The van der Waals surface area contributed by atoms with Crippen molar-refractivity contribution in [2.45, 2.75) is 51.2 Å². The van der Waals surface area contributed by atoms with E-state index >= 15 is 0 Å². The SMILES string of the molecule is CC(=O)NC12CCC(CC1)Cn1c2nc(C(=O)NCc2ccc(F)cc2)c(O)c1=O. The molecule has 2 aliphatic heterocycles. The summed E-state index contributed by atoms with van der Waals surface area (Å²) < 4.78 is 14.4. The molecule has 1 fully saturated rings. The van der Waals surface area contributed by atoms with Gasteiger partial charge in [0.1, 0.15) is 11.6 Å².